The molecule has 0 aromatic carbocycles. The van der Waals surface area contributed by atoms with Crippen molar-refractivity contribution in [3.8, 4) is 0 Å². The zero-order chi connectivity index (χ0) is 12.3. The predicted octanol–water partition coefficient (Wildman–Crippen LogP) is 1.28. The molecule has 1 N–H and O–H groups in total. The molecule has 0 amide bonds. The minimum Gasteiger partial charge on any atom is -0.478 e. The zero-order valence-electron chi connectivity index (χ0n) is 10.1. The van der Waals surface area contributed by atoms with Crippen molar-refractivity contribution in [2.45, 2.75) is 13.8 Å². The first-order valence-electron chi connectivity index (χ1n) is 5.13. The Kier molecular flexibility index (Phi) is 3.71. The Bertz CT molecular complexity index is 421. The molecule has 1 heterocycles. The number of anilines is 1. The van der Waals surface area contributed by atoms with Crippen LogP contribution in [0.15, 0.2) is 6.08 Å². The van der Waals surface area contributed by atoms with Crippen LogP contribution in [0.3, 0.4) is 0 Å². The van der Waals surface area contributed by atoms with Crippen molar-refractivity contribution < 1.29 is 9.90 Å². The van der Waals surface area contributed by atoms with Crippen LogP contribution in [0.1, 0.15) is 18.2 Å². The van der Waals surface area contributed by atoms with Crippen LogP contribution in [0.25, 0.3) is 6.08 Å². The van der Waals surface area contributed by atoms with Crippen molar-refractivity contribution in [1.29, 1.82) is 0 Å². The van der Waals surface area contributed by atoms with Gasteiger partial charge in [0.25, 0.3) is 0 Å². The Labute approximate surface area is 95.0 Å². The third kappa shape index (κ3) is 2.42. The molecule has 0 unspecified atom stereocenters. The molecule has 88 valence electrons. The van der Waals surface area contributed by atoms with Crippen molar-refractivity contribution >= 4 is 17.9 Å². The molecular weight excluding hydrogens is 206 g/mol. The topological polar surface area (TPSA) is 58.4 Å². The van der Waals surface area contributed by atoms with Crippen LogP contribution in [-0.4, -0.2) is 34.4 Å². The molecule has 0 fully saturated rings. The Balaban J connectivity index is 3.20. The lowest BCUT2D eigenvalue weighted by molar-refractivity contribution is -0.131. The fraction of sp³-hybridized carbons (Fsp3) is 0.455. The zero-order valence-corrected chi connectivity index (χ0v) is 10.1. The van der Waals surface area contributed by atoms with Gasteiger partial charge in [0.1, 0.15) is 5.82 Å². The van der Waals surface area contributed by atoms with Crippen LogP contribution >= 0.6 is 0 Å². The maximum absolute atomic E-state index is 10.5. The molecule has 16 heavy (non-hydrogen) atoms. The largest absolute Gasteiger partial charge is 0.478 e. The number of hydrogen-bond donors (Lipinski definition) is 1. The van der Waals surface area contributed by atoms with Gasteiger partial charge >= 0.3 is 5.97 Å². The summed E-state index contributed by atoms with van der Waals surface area (Å²) in [6.45, 7) is 4.74. The highest BCUT2D eigenvalue weighted by Gasteiger charge is 2.13. The summed E-state index contributed by atoms with van der Waals surface area (Å²) in [4.78, 5) is 12.5. The number of carboxylic acid groups (broad SMARTS) is 1. The summed E-state index contributed by atoms with van der Waals surface area (Å²) in [6.07, 6.45) is 2.73. The van der Waals surface area contributed by atoms with Crippen LogP contribution in [0.4, 0.5) is 5.82 Å². The van der Waals surface area contributed by atoms with Gasteiger partial charge in [0.05, 0.1) is 5.69 Å². The average molecular weight is 223 g/mol. The van der Waals surface area contributed by atoms with Gasteiger partial charge in [0.2, 0.25) is 0 Å². The van der Waals surface area contributed by atoms with E-state index in [0.29, 0.717) is 0 Å². The lowest BCUT2D eigenvalue weighted by Gasteiger charge is -2.17. The molecule has 0 saturated carbocycles. The van der Waals surface area contributed by atoms with Crippen molar-refractivity contribution in [3.63, 3.8) is 0 Å². The summed E-state index contributed by atoms with van der Waals surface area (Å²) >= 11 is 0. The van der Waals surface area contributed by atoms with E-state index in [1.165, 1.54) is 0 Å². The summed E-state index contributed by atoms with van der Waals surface area (Å²) in [5, 5.41) is 12.9. The molecule has 1 aromatic heterocycles. The van der Waals surface area contributed by atoms with E-state index in [2.05, 4.69) is 5.10 Å². The van der Waals surface area contributed by atoms with E-state index in [1.54, 1.807) is 10.8 Å². The standard InChI is InChI=1S/C11H17N3O2/c1-5-13(3)11-9(6-7-10(15)16)8(2)12-14(11)4/h6-7H,5H2,1-4H3,(H,15,16)/b7-6+. The summed E-state index contributed by atoms with van der Waals surface area (Å²) in [5.41, 5.74) is 1.68. The average Bonchev–Trinajstić information content (AvgIpc) is 2.49. The van der Waals surface area contributed by atoms with Crippen LogP contribution in [0.2, 0.25) is 0 Å². The Morgan fingerprint density at radius 2 is 2.25 bits per heavy atom. The normalized spacial score (nSPS) is 11.0. The second-order valence-corrected chi connectivity index (χ2v) is 3.63. The molecule has 5 nitrogen and oxygen atoms in total. The molecule has 0 aliphatic rings. The van der Waals surface area contributed by atoms with E-state index >= 15 is 0 Å². The van der Waals surface area contributed by atoms with Gasteiger partial charge in [0, 0.05) is 32.3 Å². The summed E-state index contributed by atoms with van der Waals surface area (Å²) in [5.74, 6) is -0.0224. The van der Waals surface area contributed by atoms with Gasteiger partial charge in [-0.25, -0.2) is 4.79 Å². The minimum atomic E-state index is -0.951. The predicted molar refractivity (Wildman–Crippen MR) is 63.6 cm³/mol. The Morgan fingerprint density at radius 1 is 1.62 bits per heavy atom. The second-order valence-electron chi connectivity index (χ2n) is 3.63. The first kappa shape index (κ1) is 12.3. The van der Waals surface area contributed by atoms with Gasteiger partial charge in [-0.1, -0.05) is 0 Å². The highest BCUT2D eigenvalue weighted by Crippen LogP contribution is 2.23. The molecule has 5 heteroatoms. The Morgan fingerprint density at radius 3 is 2.75 bits per heavy atom. The van der Waals surface area contributed by atoms with E-state index in [9.17, 15) is 4.79 Å². The number of carbonyl (C=O) groups is 1. The number of rotatable bonds is 4. The molecule has 0 spiro atoms. The van der Waals surface area contributed by atoms with Crippen LogP contribution in [-0.2, 0) is 11.8 Å². The van der Waals surface area contributed by atoms with Gasteiger partial charge in [-0.3, -0.25) is 4.68 Å². The molecule has 0 atom stereocenters. The Hall–Kier alpha value is -1.78. The fourth-order valence-corrected chi connectivity index (χ4v) is 1.61. The maximum Gasteiger partial charge on any atom is 0.328 e. The molecular formula is C11H17N3O2. The number of aryl methyl sites for hydroxylation is 2. The smallest absolute Gasteiger partial charge is 0.328 e. The monoisotopic (exact) mass is 223 g/mol. The second kappa shape index (κ2) is 4.83. The van der Waals surface area contributed by atoms with Crippen molar-refractivity contribution in [2.24, 2.45) is 7.05 Å². The van der Waals surface area contributed by atoms with E-state index in [1.807, 2.05) is 32.8 Å². The van der Waals surface area contributed by atoms with Crippen molar-refractivity contribution in [3.05, 3.63) is 17.3 Å². The highest BCUT2D eigenvalue weighted by atomic mass is 16.4. The number of nitrogens with zero attached hydrogens (tertiary/aromatic N) is 3. The fourth-order valence-electron chi connectivity index (χ4n) is 1.61. The molecule has 0 aliphatic carbocycles. The highest BCUT2D eigenvalue weighted by molar-refractivity contribution is 5.87. The SMILES string of the molecule is CCN(C)c1c(/C=C/C(=O)O)c(C)nn1C. The molecule has 1 aromatic rings. The van der Waals surface area contributed by atoms with Crippen LogP contribution in [0, 0.1) is 6.92 Å². The third-order valence-electron chi connectivity index (χ3n) is 2.47. The van der Waals surface area contributed by atoms with Gasteiger partial charge in [-0.2, -0.15) is 5.10 Å². The van der Waals surface area contributed by atoms with Gasteiger partial charge < -0.3 is 10.0 Å². The molecule has 1 rings (SSSR count). The molecule has 0 saturated heterocycles. The summed E-state index contributed by atoms with van der Waals surface area (Å²) < 4.78 is 1.76. The van der Waals surface area contributed by atoms with Crippen LogP contribution in [0.5, 0.6) is 0 Å². The van der Waals surface area contributed by atoms with E-state index in [0.717, 1.165) is 29.7 Å². The van der Waals surface area contributed by atoms with Crippen molar-refractivity contribution in [2.75, 3.05) is 18.5 Å². The first-order valence-corrected chi connectivity index (χ1v) is 5.13. The summed E-state index contributed by atoms with van der Waals surface area (Å²) in [6, 6.07) is 0. The van der Waals surface area contributed by atoms with Crippen LogP contribution < -0.4 is 4.90 Å². The van der Waals surface area contributed by atoms with Gasteiger partial charge in [-0.15, -0.1) is 0 Å². The molecule has 0 radical (unpaired) electrons. The third-order valence-corrected chi connectivity index (χ3v) is 2.47. The van der Waals surface area contributed by atoms with E-state index in [-0.39, 0.29) is 0 Å². The first-order chi connectivity index (χ1) is 7.47. The maximum atomic E-state index is 10.5. The number of aliphatic carboxylic acids is 1. The van der Waals surface area contributed by atoms with E-state index in [4.69, 9.17) is 5.11 Å². The minimum absolute atomic E-state index is 0.829. The lowest BCUT2D eigenvalue weighted by atomic mass is 10.2. The van der Waals surface area contributed by atoms with Crippen molar-refractivity contribution in [1.82, 2.24) is 9.78 Å². The molecule has 0 aliphatic heterocycles. The van der Waals surface area contributed by atoms with E-state index < -0.39 is 5.97 Å². The van der Waals surface area contributed by atoms with Gasteiger partial charge in [-0.05, 0) is 19.9 Å². The quantitative estimate of drug-likeness (QED) is 0.781. The number of aromatic nitrogens is 2. The number of hydrogen-bond acceptors (Lipinski definition) is 3. The number of carboxylic acids is 1. The summed E-state index contributed by atoms with van der Waals surface area (Å²) in [7, 11) is 3.81. The van der Waals surface area contributed by atoms with Gasteiger partial charge in [0.15, 0.2) is 0 Å². The lowest BCUT2D eigenvalue weighted by Crippen LogP contribution is -2.19. The molecule has 0 bridgehead atoms.